The number of likely N-dealkylation sites (N-methyl/N-ethyl adjacent to an activating group) is 1. The van der Waals surface area contributed by atoms with Gasteiger partial charge in [0.1, 0.15) is 19.8 Å². The monoisotopic (exact) mass is 1160 g/mol. The van der Waals surface area contributed by atoms with Gasteiger partial charge in [-0.15, -0.1) is 0 Å². The molecule has 81 heavy (non-hydrogen) atoms. The summed E-state index contributed by atoms with van der Waals surface area (Å²) in [6.45, 7) is 4.36. The summed E-state index contributed by atoms with van der Waals surface area (Å²) >= 11 is 0. The van der Waals surface area contributed by atoms with Crippen molar-refractivity contribution in [3.8, 4) is 0 Å². The lowest BCUT2D eigenvalue weighted by molar-refractivity contribution is -0.870. The number of allylic oxidation sites excluding steroid dienone is 6. The highest BCUT2D eigenvalue weighted by atomic mass is 31.2. The molecule has 2 unspecified atom stereocenters. The number of carbonyl (C=O) groups is 2. The van der Waals surface area contributed by atoms with Crippen LogP contribution in [0.25, 0.3) is 0 Å². The Morgan fingerprint density at radius 3 is 1.05 bits per heavy atom. The number of esters is 2. The van der Waals surface area contributed by atoms with E-state index in [1.807, 2.05) is 21.1 Å². The molecule has 9 nitrogen and oxygen atoms in total. The van der Waals surface area contributed by atoms with Crippen LogP contribution in [0.2, 0.25) is 0 Å². The molecule has 0 aliphatic carbocycles. The molecule has 0 saturated heterocycles. The number of quaternary nitrogens is 1. The van der Waals surface area contributed by atoms with Gasteiger partial charge in [0.25, 0.3) is 0 Å². The third-order valence-corrected chi connectivity index (χ3v) is 16.9. The maximum Gasteiger partial charge on any atom is 0.472 e. The van der Waals surface area contributed by atoms with Gasteiger partial charge in [0.2, 0.25) is 0 Å². The van der Waals surface area contributed by atoms with Crippen LogP contribution in [-0.2, 0) is 32.7 Å². The maximum absolute atomic E-state index is 12.8. The van der Waals surface area contributed by atoms with Crippen LogP contribution in [0.5, 0.6) is 0 Å². The SMILES string of the molecule is CC/C=C\C/C=C\C/C=C\CCCCCCCCCC(=O)OC(COC(=O)CCCCCCCCCCCCCCCCCCCCCCCCCCCCCCCCCCCCCCCCCC)COP(=O)(O)OCC[N+](C)(C)C. The van der Waals surface area contributed by atoms with Gasteiger partial charge in [-0.3, -0.25) is 18.6 Å². The van der Waals surface area contributed by atoms with Crippen molar-refractivity contribution in [2.24, 2.45) is 0 Å². The van der Waals surface area contributed by atoms with E-state index in [0.717, 1.165) is 64.2 Å². The van der Waals surface area contributed by atoms with E-state index in [1.165, 1.54) is 257 Å². The smallest absolute Gasteiger partial charge is 0.462 e. The van der Waals surface area contributed by atoms with Gasteiger partial charge in [0.15, 0.2) is 6.10 Å². The second-order valence-corrected chi connectivity index (χ2v) is 26.7. The number of ether oxygens (including phenoxy) is 2. The zero-order valence-corrected chi connectivity index (χ0v) is 55.4. The molecule has 0 aromatic heterocycles. The number of carbonyl (C=O) groups excluding carboxylic acids is 2. The van der Waals surface area contributed by atoms with Crippen molar-refractivity contribution in [2.45, 2.75) is 360 Å². The Bertz CT molecular complexity index is 1460. The molecule has 0 amide bonds. The molecule has 0 aliphatic heterocycles. The number of nitrogens with zero attached hydrogens (tertiary/aromatic N) is 1. The first-order valence-corrected chi connectivity index (χ1v) is 36.7. The molecule has 0 aliphatic rings. The van der Waals surface area contributed by atoms with Gasteiger partial charge in [0.05, 0.1) is 27.7 Å². The van der Waals surface area contributed by atoms with Gasteiger partial charge in [-0.2, -0.15) is 0 Å². The molecule has 0 bridgehead atoms. The lowest BCUT2D eigenvalue weighted by Crippen LogP contribution is -2.37. The van der Waals surface area contributed by atoms with Crippen LogP contribution in [0.3, 0.4) is 0 Å². The van der Waals surface area contributed by atoms with Crippen molar-refractivity contribution in [3.63, 3.8) is 0 Å². The third kappa shape index (κ3) is 67.2. The number of hydrogen-bond acceptors (Lipinski definition) is 7. The van der Waals surface area contributed by atoms with Crippen LogP contribution in [0.15, 0.2) is 36.5 Å². The van der Waals surface area contributed by atoms with E-state index in [0.29, 0.717) is 23.9 Å². The average Bonchev–Trinajstić information content (AvgIpc) is 3.43. The highest BCUT2D eigenvalue weighted by Gasteiger charge is 2.27. The van der Waals surface area contributed by atoms with Gasteiger partial charge in [-0.05, 0) is 44.9 Å². The summed E-state index contributed by atoms with van der Waals surface area (Å²) in [4.78, 5) is 35.8. The van der Waals surface area contributed by atoms with Gasteiger partial charge in [-0.1, -0.05) is 333 Å². The van der Waals surface area contributed by atoms with E-state index in [2.05, 4.69) is 50.3 Å². The molecule has 0 fully saturated rings. The summed E-state index contributed by atoms with van der Waals surface area (Å²) in [6, 6.07) is 0. The molecule has 0 aromatic carbocycles. The molecule has 2 atom stereocenters. The first kappa shape index (κ1) is 79.2. The van der Waals surface area contributed by atoms with E-state index in [-0.39, 0.29) is 25.6 Å². The van der Waals surface area contributed by atoms with Gasteiger partial charge in [0, 0.05) is 12.8 Å². The fourth-order valence-electron chi connectivity index (χ4n) is 10.6. The van der Waals surface area contributed by atoms with E-state index >= 15 is 0 Å². The highest BCUT2D eigenvalue weighted by molar-refractivity contribution is 7.47. The molecule has 0 radical (unpaired) electrons. The van der Waals surface area contributed by atoms with Gasteiger partial charge in [-0.25, -0.2) is 4.57 Å². The molecule has 0 aromatic rings. The van der Waals surface area contributed by atoms with Crippen molar-refractivity contribution in [1.82, 2.24) is 0 Å². The maximum atomic E-state index is 12.8. The zero-order valence-electron chi connectivity index (χ0n) is 54.5. The molecule has 1 N–H and O–H groups in total. The quantitative estimate of drug-likeness (QED) is 0.0211. The predicted octanol–water partition coefficient (Wildman–Crippen LogP) is 22.7. The van der Waals surface area contributed by atoms with E-state index in [9.17, 15) is 19.0 Å². The van der Waals surface area contributed by atoms with Crippen LogP contribution in [0.1, 0.15) is 354 Å². The molecule has 0 heterocycles. The zero-order chi connectivity index (χ0) is 59.1. The van der Waals surface area contributed by atoms with Crippen molar-refractivity contribution < 1.29 is 42.1 Å². The normalized spacial score (nSPS) is 13.3. The fourth-order valence-corrected chi connectivity index (χ4v) is 11.3. The summed E-state index contributed by atoms with van der Waals surface area (Å²) in [5, 5.41) is 0. The lowest BCUT2D eigenvalue weighted by Gasteiger charge is -2.24. The van der Waals surface area contributed by atoms with Crippen LogP contribution in [0, 0.1) is 0 Å². The van der Waals surface area contributed by atoms with Crippen LogP contribution in [0.4, 0.5) is 0 Å². The Balaban J connectivity index is 3.84. The standard InChI is InChI=1S/C71H136NO8P/c1-6-8-10-12-14-16-18-20-22-24-25-26-27-28-29-30-31-32-33-34-35-36-37-38-39-40-41-42-43-44-45-46-48-49-51-53-55-57-59-61-63-70(73)77-67-69(68-79-81(75,76)78-66-65-72(3,4)5)80-71(74)64-62-60-58-56-54-52-50-47-23-21-19-17-15-13-11-9-7-2/h9,11,15,17,21,23,69H,6-8,10,12-14,16,18-20,22,24-68H2,1-5H3/p+1/b11-9-,17-15-,23-21-. The summed E-state index contributed by atoms with van der Waals surface area (Å²) in [7, 11) is 1.48. The van der Waals surface area contributed by atoms with E-state index < -0.39 is 26.5 Å². The Morgan fingerprint density at radius 2 is 0.704 bits per heavy atom. The fraction of sp³-hybridized carbons (Fsp3) is 0.887. The minimum atomic E-state index is -4.39. The van der Waals surface area contributed by atoms with Crippen molar-refractivity contribution in [1.29, 1.82) is 0 Å². The molecular formula is C71H137NO8P+. The second kappa shape index (κ2) is 62.8. The summed E-state index contributed by atoms with van der Waals surface area (Å²) < 4.78 is 34.6. The molecule has 0 spiro atoms. The first-order valence-electron chi connectivity index (χ1n) is 35.2. The van der Waals surface area contributed by atoms with E-state index in [4.69, 9.17) is 18.5 Å². The van der Waals surface area contributed by atoms with Gasteiger partial charge < -0.3 is 18.9 Å². The summed E-state index contributed by atoms with van der Waals surface area (Å²) in [5.41, 5.74) is 0. The molecular weight excluding hydrogens is 1030 g/mol. The van der Waals surface area contributed by atoms with E-state index in [1.54, 1.807) is 0 Å². The topological polar surface area (TPSA) is 108 Å². The third-order valence-electron chi connectivity index (χ3n) is 15.9. The Labute approximate surface area is 503 Å². The van der Waals surface area contributed by atoms with Crippen LogP contribution in [-0.4, -0.2) is 74.9 Å². The Morgan fingerprint density at radius 1 is 0.395 bits per heavy atom. The van der Waals surface area contributed by atoms with Crippen molar-refractivity contribution in [2.75, 3.05) is 47.5 Å². The second-order valence-electron chi connectivity index (χ2n) is 25.3. The number of hydrogen-bond donors (Lipinski definition) is 1. The Hall–Kier alpha value is -1.77. The summed E-state index contributed by atoms with van der Waals surface area (Å²) in [6.07, 6.45) is 80.0. The van der Waals surface area contributed by atoms with Crippen molar-refractivity contribution >= 4 is 19.8 Å². The van der Waals surface area contributed by atoms with Crippen LogP contribution < -0.4 is 0 Å². The molecule has 10 heteroatoms. The van der Waals surface area contributed by atoms with Crippen LogP contribution >= 0.6 is 7.82 Å². The largest absolute Gasteiger partial charge is 0.472 e. The molecule has 0 saturated carbocycles. The lowest BCUT2D eigenvalue weighted by atomic mass is 10.0. The van der Waals surface area contributed by atoms with Gasteiger partial charge >= 0.3 is 19.8 Å². The minimum Gasteiger partial charge on any atom is -0.462 e. The summed E-state index contributed by atoms with van der Waals surface area (Å²) in [5.74, 6) is -0.794. The number of phosphoric ester groups is 1. The Kier molecular flexibility index (Phi) is 61.4. The highest BCUT2D eigenvalue weighted by Crippen LogP contribution is 2.43. The van der Waals surface area contributed by atoms with Crippen molar-refractivity contribution in [3.05, 3.63) is 36.5 Å². The number of rotatable bonds is 66. The average molecular weight is 1160 g/mol. The number of unbranched alkanes of at least 4 members (excludes halogenated alkanes) is 46. The number of phosphoric acid groups is 1. The minimum absolute atomic E-state index is 0.0308. The molecule has 0 rings (SSSR count). The molecule has 478 valence electrons. The predicted molar refractivity (Wildman–Crippen MR) is 349 cm³/mol. The first-order chi connectivity index (χ1) is 39.5.